The van der Waals surface area contributed by atoms with Gasteiger partial charge < -0.3 is 9.84 Å². The van der Waals surface area contributed by atoms with Crippen molar-refractivity contribution in [2.75, 3.05) is 4.72 Å². The molecule has 28 heavy (non-hydrogen) atoms. The SMILES string of the molecule is Cc1ccccc1S(=O)(=O)Nc1cc(C(=O)c2ccccc2)sc1OC(=O)O. The molecule has 0 saturated carbocycles. The second-order valence-corrected chi connectivity index (χ2v) is 8.41. The van der Waals surface area contributed by atoms with Gasteiger partial charge in [0.15, 0.2) is 0 Å². The molecule has 9 heteroatoms. The van der Waals surface area contributed by atoms with E-state index in [0.29, 0.717) is 11.1 Å². The fraction of sp³-hybridized carbons (Fsp3) is 0.0526. The van der Waals surface area contributed by atoms with Crippen molar-refractivity contribution in [2.45, 2.75) is 11.8 Å². The quantitative estimate of drug-likeness (QED) is 0.461. The summed E-state index contributed by atoms with van der Waals surface area (Å²) in [5.74, 6) is -0.373. The Balaban J connectivity index is 2.00. The van der Waals surface area contributed by atoms with E-state index in [-0.39, 0.29) is 26.3 Å². The highest BCUT2D eigenvalue weighted by molar-refractivity contribution is 7.92. The van der Waals surface area contributed by atoms with Crippen LogP contribution >= 0.6 is 11.3 Å². The van der Waals surface area contributed by atoms with Crippen LogP contribution in [0.5, 0.6) is 5.06 Å². The molecule has 0 aliphatic rings. The minimum absolute atomic E-state index is 0.0402. The van der Waals surface area contributed by atoms with Gasteiger partial charge in [-0.25, -0.2) is 13.2 Å². The van der Waals surface area contributed by atoms with E-state index in [9.17, 15) is 18.0 Å². The van der Waals surface area contributed by atoms with Crippen LogP contribution in [-0.4, -0.2) is 25.5 Å². The van der Waals surface area contributed by atoms with Crippen LogP contribution in [0.15, 0.2) is 65.6 Å². The third-order valence-electron chi connectivity index (χ3n) is 3.77. The predicted molar refractivity (Wildman–Crippen MR) is 105 cm³/mol. The van der Waals surface area contributed by atoms with Crippen molar-refractivity contribution in [1.82, 2.24) is 0 Å². The van der Waals surface area contributed by atoms with Gasteiger partial charge in [-0.3, -0.25) is 9.52 Å². The smallest absolute Gasteiger partial charge is 0.449 e. The van der Waals surface area contributed by atoms with Gasteiger partial charge in [-0.2, -0.15) is 0 Å². The lowest BCUT2D eigenvalue weighted by Gasteiger charge is -2.10. The Labute approximate surface area is 165 Å². The number of ether oxygens (including phenoxy) is 1. The molecule has 0 saturated heterocycles. The number of carboxylic acid groups (broad SMARTS) is 1. The fourth-order valence-corrected chi connectivity index (χ4v) is 4.79. The van der Waals surface area contributed by atoms with E-state index in [1.807, 2.05) is 0 Å². The lowest BCUT2D eigenvalue weighted by Crippen LogP contribution is -2.15. The first kappa shape index (κ1) is 19.6. The molecule has 1 aromatic heterocycles. The van der Waals surface area contributed by atoms with Crippen molar-refractivity contribution in [3.8, 4) is 5.06 Å². The molecule has 1 heterocycles. The number of rotatable bonds is 6. The molecule has 144 valence electrons. The first-order valence-corrected chi connectivity index (χ1v) is 10.3. The number of hydrogen-bond donors (Lipinski definition) is 2. The first-order valence-electron chi connectivity index (χ1n) is 8.01. The molecule has 0 unspecified atom stereocenters. The minimum Gasteiger partial charge on any atom is -0.449 e. The van der Waals surface area contributed by atoms with E-state index < -0.39 is 16.2 Å². The predicted octanol–water partition coefficient (Wildman–Crippen LogP) is 4.15. The van der Waals surface area contributed by atoms with E-state index in [1.54, 1.807) is 55.5 Å². The molecule has 0 spiro atoms. The lowest BCUT2D eigenvalue weighted by molar-refractivity contribution is 0.104. The number of thiophene rings is 1. The third-order valence-corrected chi connectivity index (χ3v) is 6.30. The zero-order valence-corrected chi connectivity index (χ0v) is 16.2. The molecular weight excluding hydrogens is 402 g/mol. The molecule has 0 atom stereocenters. The largest absolute Gasteiger partial charge is 0.512 e. The maximum atomic E-state index is 12.7. The van der Waals surface area contributed by atoms with Gasteiger partial charge in [0.2, 0.25) is 10.8 Å². The van der Waals surface area contributed by atoms with Crippen molar-refractivity contribution in [1.29, 1.82) is 0 Å². The lowest BCUT2D eigenvalue weighted by atomic mass is 10.1. The van der Waals surface area contributed by atoms with E-state index in [4.69, 9.17) is 5.11 Å². The summed E-state index contributed by atoms with van der Waals surface area (Å²) in [6.07, 6.45) is -1.61. The number of nitrogens with one attached hydrogen (secondary N) is 1. The van der Waals surface area contributed by atoms with E-state index in [0.717, 1.165) is 11.3 Å². The van der Waals surface area contributed by atoms with Crippen LogP contribution in [-0.2, 0) is 10.0 Å². The Morgan fingerprint density at radius 3 is 2.32 bits per heavy atom. The van der Waals surface area contributed by atoms with Crippen LogP contribution in [0, 0.1) is 6.92 Å². The highest BCUT2D eigenvalue weighted by Gasteiger charge is 2.24. The Morgan fingerprint density at radius 1 is 1.04 bits per heavy atom. The Morgan fingerprint density at radius 2 is 1.68 bits per heavy atom. The number of ketones is 1. The summed E-state index contributed by atoms with van der Waals surface area (Å²) < 4.78 is 32.4. The third kappa shape index (κ3) is 4.21. The molecule has 0 aliphatic carbocycles. The molecule has 2 aromatic carbocycles. The van der Waals surface area contributed by atoms with Gasteiger partial charge in [-0.15, -0.1) is 0 Å². The molecule has 0 bridgehead atoms. The normalized spacial score (nSPS) is 11.0. The maximum absolute atomic E-state index is 12.7. The fourth-order valence-electron chi connectivity index (χ4n) is 2.50. The Bertz CT molecular complexity index is 1140. The van der Waals surface area contributed by atoms with E-state index in [2.05, 4.69) is 9.46 Å². The van der Waals surface area contributed by atoms with Crippen LogP contribution < -0.4 is 9.46 Å². The van der Waals surface area contributed by atoms with E-state index >= 15 is 0 Å². The van der Waals surface area contributed by atoms with Crippen molar-refractivity contribution >= 4 is 39.0 Å². The molecule has 3 rings (SSSR count). The average Bonchev–Trinajstić information content (AvgIpc) is 3.03. The van der Waals surface area contributed by atoms with Crippen LogP contribution in [0.4, 0.5) is 10.5 Å². The molecule has 0 radical (unpaired) electrons. The molecule has 0 aliphatic heterocycles. The minimum atomic E-state index is -4.01. The van der Waals surface area contributed by atoms with Crippen molar-refractivity contribution in [2.24, 2.45) is 0 Å². The number of aryl methyl sites for hydroxylation is 1. The van der Waals surface area contributed by atoms with Gasteiger partial charge >= 0.3 is 6.16 Å². The maximum Gasteiger partial charge on any atom is 0.512 e. The Hall–Kier alpha value is -3.17. The summed E-state index contributed by atoms with van der Waals surface area (Å²) in [7, 11) is -4.01. The number of hydrogen-bond acceptors (Lipinski definition) is 6. The second kappa shape index (κ2) is 7.83. The zero-order valence-electron chi connectivity index (χ0n) is 14.6. The summed E-state index contributed by atoms with van der Waals surface area (Å²) in [6, 6.07) is 16.0. The van der Waals surface area contributed by atoms with Crippen molar-refractivity contribution in [3.63, 3.8) is 0 Å². The van der Waals surface area contributed by atoms with Gasteiger partial charge in [-0.05, 0) is 24.6 Å². The number of sulfonamides is 1. The van der Waals surface area contributed by atoms with Crippen molar-refractivity contribution < 1.29 is 27.9 Å². The van der Waals surface area contributed by atoms with Crippen molar-refractivity contribution in [3.05, 3.63) is 76.7 Å². The molecule has 7 nitrogen and oxygen atoms in total. The zero-order chi connectivity index (χ0) is 20.3. The molecule has 3 aromatic rings. The Kier molecular flexibility index (Phi) is 5.48. The molecule has 2 N–H and O–H groups in total. The monoisotopic (exact) mass is 417 g/mol. The molecular formula is C19H15NO6S2. The van der Waals surface area contributed by atoms with Gasteiger partial charge in [0.1, 0.15) is 5.69 Å². The standard InChI is InChI=1S/C19H15NO6S2/c1-12-7-5-6-10-16(12)28(24,25)20-14-11-15(27-18(14)26-19(22)23)17(21)13-8-3-2-4-9-13/h2-11,20H,1H3,(H,22,23). The topological polar surface area (TPSA) is 110 Å². The summed E-state index contributed by atoms with van der Waals surface area (Å²) in [5, 5.41) is 8.71. The van der Waals surface area contributed by atoms with Crippen LogP contribution in [0.25, 0.3) is 0 Å². The summed E-state index contributed by atoms with van der Waals surface area (Å²) >= 11 is 0.751. The number of carbonyl (C=O) groups is 2. The highest BCUT2D eigenvalue weighted by Crippen LogP contribution is 2.38. The average molecular weight is 417 g/mol. The van der Waals surface area contributed by atoms with Crippen LogP contribution in [0.2, 0.25) is 0 Å². The number of anilines is 1. The van der Waals surface area contributed by atoms with E-state index in [1.165, 1.54) is 12.1 Å². The number of benzene rings is 2. The van der Waals surface area contributed by atoms with Gasteiger partial charge in [0.05, 0.1) is 9.77 Å². The second-order valence-electron chi connectivity index (χ2n) is 5.75. The van der Waals surface area contributed by atoms with Gasteiger partial charge in [-0.1, -0.05) is 59.9 Å². The van der Waals surface area contributed by atoms with Gasteiger partial charge in [0, 0.05) is 5.56 Å². The summed E-state index contributed by atoms with van der Waals surface area (Å²) in [4.78, 5) is 23.8. The summed E-state index contributed by atoms with van der Waals surface area (Å²) in [5.41, 5.74) is 0.792. The van der Waals surface area contributed by atoms with Gasteiger partial charge in [0.25, 0.3) is 10.0 Å². The summed E-state index contributed by atoms with van der Waals surface area (Å²) in [6.45, 7) is 1.64. The molecule has 0 amide bonds. The van der Waals surface area contributed by atoms with Crippen LogP contribution in [0.1, 0.15) is 20.8 Å². The first-order chi connectivity index (χ1) is 13.3. The highest BCUT2D eigenvalue weighted by atomic mass is 32.2. The number of carbonyl (C=O) groups excluding carboxylic acids is 1. The molecule has 0 fully saturated rings. The van der Waals surface area contributed by atoms with Crippen LogP contribution in [0.3, 0.4) is 0 Å².